The number of carbonyl (C=O) groups excluding carboxylic acids is 8. The SMILES string of the molecule is CCCCCC(=O)N[C@H](CC(=O)O)C(=O)N[C@@H]1C(=O)N[C@@H](CCCN=C(N)N)C(=O)N[C@H]2CC[C@@H](O)N(C2=O)[C@@H](Cc2ccccc2)C(=O)N(C)[C@@H](Cc2ccc(O)cc2)C(=O)N[C@@H](C(C)C)C(=O)O[C@H]1C. The topological polar surface area (TPSA) is 355 Å². The number of phenols is 1. The number of nitrogens with two attached hydrogens (primary N) is 2. The van der Waals surface area contributed by atoms with Gasteiger partial charge in [0.15, 0.2) is 5.96 Å². The quantitative estimate of drug-likeness (QED) is 0.0388. The first-order valence-electron chi connectivity index (χ1n) is 24.2. The number of fused-ring (bicyclic) bond motifs is 2. The zero-order chi connectivity index (χ0) is 53.2. The van der Waals surface area contributed by atoms with Crippen LogP contribution in [0.1, 0.15) is 96.6 Å². The maximum atomic E-state index is 15.1. The van der Waals surface area contributed by atoms with Gasteiger partial charge in [0.2, 0.25) is 41.4 Å². The fourth-order valence-corrected chi connectivity index (χ4v) is 8.41. The number of aliphatic hydroxyl groups excluding tert-OH is 1. The highest BCUT2D eigenvalue weighted by atomic mass is 16.5. The zero-order valence-electron chi connectivity index (χ0n) is 41.4. The summed E-state index contributed by atoms with van der Waals surface area (Å²) < 4.78 is 5.83. The van der Waals surface area contributed by atoms with Crippen molar-refractivity contribution < 1.29 is 63.2 Å². The Morgan fingerprint density at radius 1 is 0.847 bits per heavy atom. The summed E-state index contributed by atoms with van der Waals surface area (Å²) in [4.78, 5) is 132. The largest absolute Gasteiger partial charge is 0.508 e. The number of nitrogens with one attached hydrogen (secondary N) is 5. The molecule has 0 radical (unpaired) electrons. The van der Waals surface area contributed by atoms with E-state index in [4.69, 9.17) is 16.2 Å². The van der Waals surface area contributed by atoms with Crippen LogP contribution in [-0.4, -0.2) is 153 Å². The lowest BCUT2D eigenvalue weighted by Crippen LogP contribution is -2.65. The van der Waals surface area contributed by atoms with Crippen molar-refractivity contribution in [1.29, 1.82) is 0 Å². The molecular weight excluding hydrogens is 937 g/mol. The molecule has 2 aliphatic rings. The van der Waals surface area contributed by atoms with Crippen LogP contribution in [0.4, 0.5) is 0 Å². The van der Waals surface area contributed by atoms with Gasteiger partial charge in [0.1, 0.15) is 60.4 Å². The van der Waals surface area contributed by atoms with Gasteiger partial charge < -0.3 is 67.9 Å². The molecule has 0 spiro atoms. The minimum atomic E-state index is -1.89. The lowest BCUT2D eigenvalue weighted by atomic mass is 9.95. The number of aliphatic hydroxyl groups is 1. The van der Waals surface area contributed by atoms with Crippen molar-refractivity contribution in [2.75, 3.05) is 13.6 Å². The smallest absolute Gasteiger partial charge is 0.329 e. The number of nitrogens with zero attached hydrogens (tertiary/aromatic N) is 3. The molecule has 2 aromatic rings. The number of carbonyl (C=O) groups is 9. The highest BCUT2D eigenvalue weighted by Gasteiger charge is 2.46. The fraction of sp³-hybridized carbons (Fsp3) is 0.551. The van der Waals surface area contributed by atoms with Gasteiger partial charge in [-0.05, 0) is 68.2 Å². The predicted octanol–water partition coefficient (Wildman–Crippen LogP) is -0.552. The number of aliphatic imine (C=N–C) groups is 1. The third-order valence-corrected chi connectivity index (χ3v) is 12.5. The molecule has 72 heavy (non-hydrogen) atoms. The van der Waals surface area contributed by atoms with E-state index in [0.717, 1.165) is 16.2 Å². The molecule has 23 heteroatoms. The van der Waals surface area contributed by atoms with Gasteiger partial charge in [-0.3, -0.25) is 43.3 Å². The van der Waals surface area contributed by atoms with Crippen LogP contribution < -0.4 is 38.1 Å². The summed E-state index contributed by atoms with van der Waals surface area (Å²) in [5.41, 5.74) is 12.1. The molecule has 9 atom stereocenters. The molecule has 394 valence electrons. The van der Waals surface area contributed by atoms with Crippen LogP contribution in [0.25, 0.3) is 0 Å². The third kappa shape index (κ3) is 16.7. The number of hydrogen-bond donors (Lipinski definition) is 10. The van der Waals surface area contributed by atoms with Crippen LogP contribution in [0.2, 0.25) is 0 Å². The summed E-state index contributed by atoms with van der Waals surface area (Å²) >= 11 is 0. The van der Waals surface area contributed by atoms with E-state index in [1.165, 1.54) is 38.2 Å². The van der Waals surface area contributed by atoms with Gasteiger partial charge >= 0.3 is 11.9 Å². The summed E-state index contributed by atoms with van der Waals surface area (Å²) in [5.74, 6) is -9.91. The highest BCUT2D eigenvalue weighted by Crippen LogP contribution is 2.26. The molecule has 2 aromatic carbocycles. The van der Waals surface area contributed by atoms with E-state index in [9.17, 15) is 53.7 Å². The van der Waals surface area contributed by atoms with E-state index in [0.29, 0.717) is 24.0 Å². The van der Waals surface area contributed by atoms with Crippen LogP contribution in [0.3, 0.4) is 0 Å². The van der Waals surface area contributed by atoms with Crippen LogP contribution >= 0.6 is 0 Å². The van der Waals surface area contributed by atoms with Crippen LogP contribution in [0, 0.1) is 5.92 Å². The predicted molar refractivity (Wildman–Crippen MR) is 261 cm³/mol. The first kappa shape index (κ1) is 57.3. The molecule has 0 aromatic heterocycles. The number of rotatable bonds is 18. The van der Waals surface area contributed by atoms with Crippen LogP contribution in [-0.2, 0) is 60.7 Å². The van der Waals surface area contributed by atoms with E-state index >= 15 is 4.79 Å². The van der Waals surface area contributed by atoms with E-state index < -0.39 is 120 Å². The number of ether oxygens (including phenoxy) is 1. The number of guanidine groups is 1. The summed E-state index contributed by atoms with van der Waals surface area (Å²) in [6, 6.07) is 3.62. The lowest BCUT2D eigenvalue weighted by molar-refractivity contribution is -0.165. The molecule has 2 fully saturated rings. The molecule has 4 rings (SSSR count). The minimum Gasteiger partial charge on any atom is -0.508 e. The number of likely N-dealkylation sites (N-methyl/N-ethyl adjacent to an activating group) is 1. The Bertz CT molecular complexity index is 2260. The Kier molecular flexibility index (Phi) is 21.8. The molecule has 7 amide bonds. The number of carboxylic acid groups (broad SMARTS) is 1. The molecule has 0 aliphatic carbocycles. The summed E-state index contributed by atoms with van der Waals surface area (Å²) in [5, 5.41) is 44.1. The lowest BCUT2D eigenvalue weighted by Gasteiger charge is -2.43. The number of aromatic hydroxyl groups is 1. The van der Waals surface area contributed by atoms with Gasteiger partial charge in [-0.1, -0.05) is 76.1 Å². The monoisotopic (exact) mass is 1010 g/mol. The number of amides is 7. The second-order valence-corrected chi connectivity index (χ2v) is 18.4. The number of piperidine rings is 1. The van der Waals surface area contributed by atoms with Crippen molar-refractivity contribution >= 4 is 59.2 Å². The van der Waals surface area contributed by atoms with Gasteiger partial charge in [-0.25, -0.2) is 4.79 Å². The number of carboxylic acids is 1. The molecule has 2 saturated heterocycles. The highest BCUT2D eigenvalue weighted by molar-refractivity contribution is 5.99. The second-order valence-electron chi connectivity index (χ2n) is 18.4. The number of benzene rings is 2. The summed E-state index contributed by atoms with van der Waals surface area (Å²) in [7, 11) is 1.33. The Balaban J connectivity index is 1.88. The van der Waals surface area contributed by atoms with Crippen LogP contribution in [0.15, 0.2) is 59.6 Å². The standard InChI is InChI=1S/C49H70N10O13/c1-6-7-9-16-37(61)53-34(26-39(63)64)43(66)57-41-28(4)72-48(71)40(27(2)3)56-44(67)35(24-30-17-19-31(60)20-18-30)58(5)47(70)36(25-29-13-10-8-11-14-29)59-38(62)22-21-33(46(59)69)55-42(65)32(54-45(41)68)15-12-23-52-49(50)51/h8,10-11,13-14,17-20,27-28,32-36,38,40-41,60,62H,6-7,9,12,15-16,21-26H2,1-5H3,(H,53,61)(H,54,68)(H,55,65)(H,56,67)(H,57,66)(H,63,64)(H4,50,51,52)/t28-,32-,33-,34+,35-,36-,38+,40-,41-/m0/s1. The van der Waals surface area contributed by atoms with Gasteiger partial charge in [-0.15, -0.1) is 0 Å². The van der Waals surface area contributed by atoms with Gasteiger partial charge in [0.05, 0.1) is 6.42 Å². The van der Waals surface area contributed by atoms with E-state index in [1.54, 1.807) is 44.2 Å². The average Bonchev–Trinajstić information content (AvgIpc) is 3.32. The number of cyclic esters (lactones) is 1. The summed E-state index contributed by atoms with van der Waals surface area (Å²) in [6.07, 6.45) is -2.82. The van der Waals surface area contributed by atoms with Crippen LogP contribution in [0.5, 0.6) is 5.75 Å². The number of hydrogen-bond acceptors (Lipinski definition) is 13. The first-order chi connectivity index (χ1) is 34.1. The molecule has 2 aliphatic heterocycles. The minimum absolute atomic E-state index is 0.0137. The summed E-state index contributed by atoms with van der Waals surface area (Å²) in [6.45, 7) is 6.31. The maximum absolute atomic E-state index is 15.1. The molecule has 2 bridgehead atoms. The fourth-order valence-electron chi connectivity index (χ4n) is 8.41. The average molecular weight is 1010 g/mol. The van der Waals surface area contributed by atoms with E-state index in [-0.39, 0.29) is 63.2 Å². The Morgan fingerprint density at radius 3 is 2.12 bits per heavy atom. The number of phenolic OH excluding ortho intramolecular Hbond substituents is 1. The first-order valence-corrected chi connectivity index (χ1v) is 24.2. The molecule has 12 N–H and O–H groups in total. The van der Waals surface area contributed by atoms with Gasteiger partial charge in [-0.2, -0.15) is 0 Å². The molecule has 0 unspecified atom stereocenters. The van der Waals surface area contributed by atoms with E-state index in [2.05, 4.69) is 31.6 Å². The van der Waals surface area contributed by atoms with Gasteiger partial charge in [0, 0.05) is 32.9 Å². The molecule has 0 saturated carbocycles. The van der Waals surface area contributed by atoms with E-state index in [1.807, 2.05) is 6.92 Å². The number of unbranched alkanes of at least 4 members (excludes halogenated alkanes) is 2. The van der Waals surface area contributed by atoms with Crippen molar-refractivity contribution in [2.24, 2.45) is 22.4 Å². The second kappa shape index (κ2) is 27.3. The van der Waals surface area contributed by atoms with Crippen molar-refractivity contribution in [3.8, 4) is 5.75 Å². The van der Waals surface area contributed by atoms with Crippen molar-refractivity contribution in [3.63, 3.8) is 0 Å². The number of aliphatic carboxylic acids is 1. The number of esters is 1. The molecular formula is C49H70N10O13. The van der Waals surface area contributed by atoms with Gasteiger partial charge in [0.25, 0.3) is 0 Å². The third-order valence-electron chi connectivity index (χ3n) is 12.5. The molecule has 2 heterocycles. The Hall–Kier alpha value is -7.30. The molecule has 23 nitrogen and oxygen atoms in total. The normalized spacial score (nSPS) is 24.0. The van der Waals surface area contributed by atoms with Crippen molar-refractivity contribution in [2.45, 2.75) is 153 Å². The zero-order valence-corrected chi connectivity index (χ0v) is 41.4. The maximum Gasteiger partial charge on any atom is 0.329 e. The Labute approximate surface area is 418 Å². The Morgan fingerprint density at radius 2 is 1.50 bits per heavy atom. The van der Waals surface area contributed by atoms with Crippen molar-refractivity contribution in [1.82, 2.24) is 36.4 Å². The van der Waals surface area contributed by atoms with Crippen molar-refractivity contribution in [3.05, 3.63) is 65.7 Å².